The predicted molar refractivity (Wildman–Crippen MR) is 111 cm³/mol. The van der Waals surface area contributed by atoms with Gasteiger partial charge in [0.1, 0.15) is 0 Å². The van der Waals surface area contributed by atoms with Crippen LogP contribution < -0.4 is 0 Å². The summed E-state index contributed by atoms with van der Waals surface area (Å²) in [5, 5.41) is 9.06. The van der Waals surface area contributed by atoms with Crippen molar-refractivity contribution in [3.05, 3.63) is 35.4 Å². The average molecular weight is 383 g/mol. The van der Waals surface area contributed by atoms with Crippen molar-refractivity contribution in [3.63, 3.8) is 0 Å². The quantitative estimate of drug-likeness (QED) is 0.730. The molecule has 0 aliphatic carbocycles. The third-order valence-electron chi connectivity index (χ3n) is 6.80. The van der Waals surface area contributed by atoms with Crippen molar-refractivity contribution in [2.45, 2.75) is 89.9 Å². The Balaban J connectivity index is 1.90. The number of hydrogen-bond donors (Lipinski definition) is 0. The molecule has 0 spiro atoms. The minimum absolute atomic E-state index is 0.143. The topological polar surface area (TPSA) is 60.7 Å². The molecule has 2 aliphatic rings. The Morgan fingerprint density at radius 3 is 1.43 bits per heavy atom. The lowest BCUT2D eigenvalue weighted by Crippen LogP contribution is -2.41. The van der Waals surface area contributed by atoms with Crippen LogP contribution in [0.3, 0.4) is 0 Å². The van der Waals surface area contributed by atoms with E-state index in [2.05, 4.69) is 61.5 Å². The summed E-state index contributed by atoms with van der Waals surface area (Å²) in [6, 6.07) is 9.78. The molecule has 3 rings (SSSR count). The van der Waals surface area contributed by atoms with E-state index in [1.807, 2.05) is 24.3 Å². The highest BCUT2D eigenvalue weighted by atomic mass is 16.7. The van der Waals surface area contributed by atoms with Crippen LogP contribution in [0, 0.1) is 11.3 Å². The highest BCUT2D eigenvalue weighted by Gasteiger charge is 2.61. The van der Waals surface area contributed by atoms with Crippen LogP contribution in [0.25, 0.3) is 0 Å². The molecule has 1 aromatic carbocycles. The lowest BCUT2D eigenvalue weighted by Gasteiger charge is -2.32. The van der Waals surface area contributed by atoms with E-state index in [1.165, 1.54) is 0 Å². The van der Waals surface area contributed by atoms with E-state index in [9.17, 15) is 0 Å². The van der Waals surface area contributed by atoms with E-state index >= 15 is 0 Å². The van der Waals surface area contributed by atoms with Gasteiger partial charge in [0.15, 0.2) is 0 Å². The molecule has 0 radical (unpaired) electrons. The molecular formula is C21H31B2NO4. The zero-order valence-corrected chi connectivity index (χ0v) is 18.3. The van der Waals surface area contributed by atoms with Crippen LogP contribution in [-0.2, 0) is 25.0 Å². The van der Waals surface area contributed by atoms with Gasteiger partial charge in [-0.3, -0.25) is 0 Å². The standard InChI is InChI=1S/C21H31B2NO4/c1-18(2)19(3,4)26-22(25-18)17(13-15-9-11-16(14-24)12-10-15)23-27-20(5,6)21(7,8)28-23/h9-12,17H,13H2,1-8H3. The number of nitrogens with zero attached hydrogens (tertiary/aromatic N) is 1. The van der Waals surface area contributed by atoms with Gasteiger partial charge in [-0.05, 0) is 79.5 Å². The van der Waals surface area contributed by atoms with Gasteiger partial charge in [-0.1, -0.05) is 12.1 Å². The van der Waals surface area contributed by atoms with Crippen LogP contribution >= 0.6 is 0 Å². The van der Waals surface area contributed by atoms with Gasteiger partial charge >= 0.3 is 14.2 Å². The van der Waals surface area contributed by atoms with Crippen molar-refractivity contribution < 1.29 is 18.6 Å². The van der Waals surface area contributed by atoms with Gasteiger partial charge in [0.05, 0.1) is 34.0 Å². The summed E-state index contributed by atoms with van der Waals surface area (Å²) in [6.07, 6.45) is 0.666. The smallest absolute Gasteiger partial charge is 0.403 e. The lowest BCUT2D eigenvalue weighted by molar-refractivity contribution is 0.00578. The van der Waals surface area contributed by atoms with Crippen molar-refractivity contribution >= 4 is 14.2 Å². The molecule has 5 nitrogen and oxygen atoms in total. The second kappa shape index (κ2) is 6.88. The first kappa shape index (κ1) is 21.4. The molecule has 0 bridgehead atoms. The zero-order chi connectivity index (χ0) is 21.0. The van der Waals surface area contributed by atoms with Crippen molar-refractivity contribution in [1.82, 2.24) is 0 Å². The largest absolute Gasteiger partial charge is 0.459 e. The van der Waals surface area contributed by atoms with Crippen LogP contribution in [-0.4, -0.2) is 36.6 Å². The highest BCUT2D eigenvalue weighted by molar-refractivity contribution is 6.68. The molecule has 2 aliphatic heterocycles. The van der Waals surface area contributed by atoms with Gasteiger partial charge in [-0.15, -0.1) is 0 Å². The normalized spacial score (nSPS) is 24.6. The van der Waals surface area contributed by atoms with Gasteiger partial charge < -0.3 is 18.6 Å². The van der Waals surface area contributed by atoms with E-state index in [4.69, 9.17) is 23.9 Å². The first-order valence-corrected chi connectivity index (χ1v) is 9.98. The second-order valence-corrected chi connectivity index (χ2v) is 9.93. The molecule has 7 heteroatoms. The van der Waals surface area contributed by atoms with E-state index in [1.54, 1.807) is 0 Å². The number of benzene rings is 1. The molecule has 28 heavy (non-hydrogen) atoms. The number of nitriles is 1. The molecule has 0 unspecified atom stereocenters. The lowest BCUT2D eigenvalue weighted by atomic mass is 9.49. The predicted octanol–water partition coefficient (Wildman–Crippen LogP) is 4.19. The third kappa shape index (κ3) is 3.76. The summed E-state index contributed by atoms with van der Waals surface area (Å²) >= 11 is 0. The van der Waals surface area contributed by atoms with Gasteiger partial charge in [0.2, 0.25) is 0 Å². The Morgan fingerprint density at radius 2 is 1.11 bits per heavy atom. The Kier molecular flexibility index (Phi) is 5.26. The first-order chi connectivity index (χ1) is 12.8. The molecule has 0 N–H and O–H groups in total. The van der Waals surface area contributed by atoms with E-state index < -0.39 is 36.6 Å². The van der Waals surface area contributed by atoms with Crippen LogP contribution in [0.4, 0.5) is 0 Å². The molecule has 0 saturated carbocycles. The summed E-state index contributed by atoms with van der Waals surface area (Å²) in [6.45, 7) is 16.4. The van der Waals surface area contributed by atoms with Crippen molar-refractivity contribution in [3.8, 4) is 6.07 Å². The van der Waals surface area contributed by atoms with Crippen molar-refractivity contribution in [1.29, 1.82) is 5.26 Å². The molecule has 0 amide bonds. The van der Waals surface area contributed by atoms with Crippen LogP contribution in [0.2, 0.25) is 5.72 Å². The Hall–Kier alpha value is -1.32. The molecule has 2 fully saturated rings. The molecule has 2 heterocycles. The summed E-state index contributed by atoms with van der Waals surface area (Å²) in [7, 11) is -0.898. The fraction of sp³-hybridized carbons (Fsp3) is 0.667. The highest BCUT2D eigenvalue weighted by Crippen LogP contribution is 2.46. The fourth-order valence-corrected chi connectivity index (χ4v) is 3.44. The van der Waals surface area contributed by atoms with Crippen molar-refractivity contribution in [2.24, 2.45) is 0 Å². The maximum Gasteiger partial charge on any atom is 0.459 e. The Labute approximate surface area is 170 Å². The first-order valence-electron chi connectivity index (χ1n) is 9.98. The van der Waals surface area contributed by atoms with Crippen molar-refractivity contribution in [2.75, 3.05) is 0 Å². The molecule has 0 aromatic heterocycles. The van der Waals surface area contributed by atoms with Gasteiger partial charge in [-0.2, -0.15) is 5.26 Å². The van der Waals surface area contributed by atoms with Gasteiger partial charge in [0, 0.05) is 5.72 Å². The summed E-state index contributed by atoms with van der Waals surface area (Å²) in [5.41, 5.74) is -0.113. The average Bonchev–Trinajstić information content (AvgIpc) is 2.92. The molecule has 150 valence electrons. The SMILES string of the molecule is CC1(C)OB(C(Cc2ccc(C#N)cc2)B2OC(C)(C)C(C)(C)O2)OC1(C)C. The maximum atomic E-state index is 9.06. The maximum absolute atomic E-state index is 9.06. The summed E-state index contributed by atoms with van der Waals surface area (Å²) < 4.78 is 25.4. The summed E-state index contributed by atoms with van der Waals surface area (Å²) in [5.74, 6) is 0. The fourth-order valence-electron chi connectivity index (χ4n) is 3.44. The third-order valence-corrected chi connectivity index (χ3v) is 6.80. The molecule has 1 aromatic rings. The molecule has 0 atom stereocenters. The second-order valence-electron chi connectivity index (χ2n) is 9.93. The Morgan fingerprint density at radius 1 is 0.750 bits per heavy atom. The molecule has 2 saturated heterocycles. The van der Waals surface area contributed by atoms with E-state index in [-0.39, 0.29) is 5.72 Å². The number of rotatable bonds is 4. The van der Waals surface area contributed by atoms with Crippen LogP contribution in [0.1, 0.15) is 66.5 Å². The molecular weight excluding hydrogens is 352 g/mol. The van der Waals surface area contributed by atoms with E-state index in [0.29, 0.717) is 12.0 Å². The minimum atomic E-state index is -0.449. The van der Waals surface area contributed by atoms with E-state index in [0.717, 1.165) is 5.56 Å². The monoisotopic (exact) mass is 383 g/mol. The summed E-state index contributed by atoms with van der Waals surface area (Å²) in [4.78, 5) is 0. The van der Waals surface area contributed by atoms with Crippen LogP contribution in [0.5, 0.6) is 0 Å². The minimum Gasteiger partial charge on any atom is -0.403 e. The van der Waals surface area contributed by atoms with Crippen LogP contribution in [0.15, 0.2) is 24.3 Å². The van der Waals surface area contributed by atoms with Gasteiger partial charge in [0.25, 0.3) is 0 Å². The van der Waals surface area contributed by atoms with Gasteiger partial charge in [-0.25, -0.2) is 0 Å². The zero-order valence-electron chi connectivity index (χ0n) is 18.3. The number of hydrogen-bond acceptors (Lipinski definition) is 5. The Bertz CT molecular complexity index is 700.